The van der Waals surface area contributed by atoms with Crippen molar-refractivity contribution >= 4 is 29.6 Å². The molecule has 0 spiro atoms. The zero-order chi connectivity index (χ0) is 17.2. The number of ether oxygens (including phenoxy) is 1. The Morgan fingerprint density at radius 3 is 2.67 bits per heavy atom. The predicted octanol–water partition coefficient (Wildman–Crippen LogP) is 5.00. The van der Waals surface area contributed by atoms with Crippen molar-refractivity contribution in [2.75, 3.05) is 12.9 Å². The first-order valence-corrected chi connectivity index (χ1v) is 8.98. The molecule has 0 fully saturated rings. The highest BCUT2D eigenvalue weighted by Gasteiger charge is 2.27. The van der Waals surface area contributed by atoms with Gasteiger partial charge >= 0.3 is 5.97 Å². The van der Waals surface area contributed by atoms with E-state index in [9.17, 15) is 4.79 Å². The van der Waals surface area contributed by atoms with Crippen LogP contribution < -0.4 is 0 Å². The molecular weight excluding hydrogens is 318 g/mol. The van der Waals surface area contributed by atoms with Crippen molar-refractivity contribution in [3.63, 3.8) is 0 Å². The number of benzene rings is 2. The number of carbonyl (C=O) groups excluding carboxylic acids is 1. The summed E-state index contributed by atoms with van der Waals surface area (Å²) in [4.78, 5) is 17.3. The second-order valence-corrected chi connectivity index (χ2v) is 7.67. The molecule has 124 valence electrons. The van der Waals surface area contributed by atoms with Crippen LogP contribution in [-0.2, 0) is 10.2 Å². The number of aliphatic imine (C=N–C) groups is 1. The number of esters is 1. The van der Waals surface area contributed by atoms with Crippen molar-refractivity contribution in [2.24, 2.45) is 4.99 Å². The first-order chi connectivity index (χ1) is 11.5. The molecule has 0 unspecified atom stereocenters. The van der Waals surface area contributed by atoms with Crippen LogP contribution in [0.25, 0.3) is 0 Å². The van der Waals surface area contributed by atoms with Gasteiger partial charge in [0.25, 0.3) is 0 Å². The van der Waals surface area contributed by atoms with Gasteiger partial charge in [-0.15, -0.1) is 11.8 Å². The number of nitrogens with zero attached hydrogens (tertiary/aromatic N) is 1. The molecule has 0 bridgehead atoms. The van der Waals surface area contributed by atoms with Crippen LogP contribution in [0.5, 0.6) is 0 Å². The molecule has 0 saturated heterocycles. The highest BCUT2D eigenvalue weighted by molar-refractivity contribution is 7.99. The first-order valence-electron chi connectivity index (χ1n) is 7.99. The van der Waals surface area contributed by atoms with E-state index in [1.807, 2.05) is 30.1 Å². The zero-order valence-corrected chi connectivity index (χ0v) is 15.0. The molecule has 0 saturated carbocycles. The van der Waals surface area contributed by atoms with Crippen molar-refractivity contribution in [1.82, 2.24) is 0 Å². The van der Waals surface area contributed by atoms with Crippen LogP contribution in [0.1, 0.15) is 41.8 Å². The maximum absolute atomic E-state index is 11.4. The fourth-order valence-corrected chi connectivity index (χ4v) is 4.35. The minimum absolute atomic E-state index is 0.250. The summed E-state index contributed by atoms with van der Waals surface area (Å²) in [6.45, 7) is 4.62. The molecule has 2 aromatic rings. The molecule has 0 radical (unpaired) electrons. The monoisotopic (exact) mass is 339 g/mol. The SMILES string of the molecule is COC(=O)c1ccc(N=Cc2ccc3c(c2)SCCC3(C)C)cc1. The van der Waals surface area contributed by atoms with Gasteiger partial charge in [0, 0.05) is 11.1 Å². The molecule has 1 heterocycles. The molecule has 0 amide bonds. The van der Waals surface area contributed by atoms with Gasteiger partial charge < -0.3 is 4.74 Å². The lowest BCUT2D eigenvalue weighted by Gasteiger charge is -2.32. The van der Waals surface area contributed by atoms with E-state index in [-0.39, 0.29) is 11.4 Å². The standard InChI is InChI=1S/C20H21NO2S/c1-20(2)10-11-24-18-12-14(4-9-17(18)20)13-21-16-7-5-15(6-8-16)19(22)23-3/h4-9,12-13H,10-11H2,1-3H3. The predicted molar refractivity (Wildman–Crippen MR) is 99.8 cm³/mol. The van der Waals surface area contributed by atoms with E-state index < -0.39 is 0 Å². The smallest absolute Gasteiger partial charge is 0.337 e. The molecule has 4 heteroatoms. The highest BCUT2D eigenvalue weighted by Crippen LogP contribution is 2.41. The van der Waals surface area contributed by atoms with Gasteiger partial charge in [-0.25, -0.2) is 4.79 Å². The van der Waals surface area contributed by atoms with E-state index in [0.29, 0.717) is 5.56 Å². The van der Waals surface area contributed by atoms with E-state index >= 15 is 0 Å². The van der Waals surface area contributed by atoms with E-state index in [2.05, 4.69) is 37.0 Å². The Morgan fingerprint density at radius 1 is 1.21 bits per heavy atom. The van der Waals surface area contributed by atoms with E-state index in [0.717, 1.165) is 17.0 Å². The Hall–Kier alpha value is -2.07. The average Bonchev–Trinajstić information content (AvgIpc) is 2.59. The van der Waals surface area contributed by atoms with Crippen LogP contribution >= 0.6 is 11.8 Å². The first kappa shape index (κ1) is 16.8. The Balaban J connectivity index is 1.79. The minimum Gasteiger partial charge on any atom is -0.465 e. The van der Waals surface area contributed by atoms with Crippen LogP contribution in [0, 0.1) is 0 Å². The van der Waals surface area contributed by atoms with Gasteiger partial charge in [-0.05, 0) is 59.0 Å². The van der Waals surface area contributed by atoms with E-state index in [1.165, 1.54) is 24.0 Å². The number of methoxy groups -OCH3 is 1. The largest absolute Gasteiger partial charge is 0.465 e. The number of hydrogen-bond donors (Lipinski definition) is 0. The number of rotatable bonds is 3. The number of fused-ring (bicyclic) bond motifs is 1. The normalized spacial score (nSPS) is 16.0. The van der Waals surface area contributed by atoms with Gasteiger partial charge in [0.2, 0.25) is 0 Å². The summed E-state index contributed by atoms with van der Waals surface area (Å²) < 4.78 is 4.70. The highest BCUT2D eigenvalue weighted by atomic mass is 32.2. The zero-order valence-electron chi connectivity index (χ0n) is 14.2. The molecule has 1 aliphatic rings. The minimum atomic E-state index is -0.333. The van der Waals surface area contributed by atoms with Crippen molar-refractivity contribution in [2.45, 2.75) is 30.6 Å². The van der Waals surface area contributed by atoms with Gasteiger partial charge in [-0.3, -0.25) is 4.99 Å². The Kier molecular flexibility index (Phi) is 4.76. The fourth-order valence-electron chi connectivity index (χ4n) is 2.80. The van der Waals surface area contributed by atoms with Crippen molar-refractivity contribution in [3.8, 4) is 0 Å². The lowest BCUT2D eigenvalue weighted by atomic mass is 9.81. The summed E-state index contributed by atoms with van der Waals surface area (Å²) in [5.41, 5.74) is 4.12. The summed E-state index contributed by atoms with van der Waals surface area (Å²) >= 11 is 1.92. The summed E-state index contributed by atoms with van der Waals surface area (Å²) in [7, 11) is 1.38. The van der Waals surface area contributed by atoms with Gasteiger partial charge in [-0.2, -0.15) is 0 Å². The molecule has 0 atom stereocenters. The maximum Gasteiger partial charge on any atom is 0.337 e. The quantitative estimate of drug-likeness (QED) is 0.583. The molecule has 0 N–H and O–H groups in total. The third-order valence-electron chi connectivity index (χ3n) is 4.37. The lowest BCUT2D eigenvalue weighted by Crippen LogP contribution is -2.22. The number of thioether (sulfide) groups is 1. The van der Waals surface area contributed by atoms with Crippen LogP contribution in [0.3, 0.4) is 0 Å². The molecule has 0 aliphatic carbocycles. The van der Waals surface area contributed by atoms with Gasteiger partial charge in [0.15, 0.2) is 0 Å². The van der Waals surface area contributed by atoms with Crippen LogP contribution in [-0.4, -0.2) is 25.0 Å². The molecular formula is C20H21NO2S. The molecule has 0 aromatic heterocycles. The van der Waals surface area contributed by atoms with E-state index in [1.54, 1.807) is 12.1 Å². The number of hydrogen-bond acceptors (Lipinski definition) is 4. The molecule has 3 rings (SSSR count). The second-order valence-electron chi connectivity index (χ2n) is 6.53. The van der Waals surface area contributed by atoms with Crippen molar-refractivity contribution in [1.29, 1.82) is 0 Å². The Labute approximate surface area is 147 Å². The summed E-state index contributed by atoms with van der Waals surface area (Å²) in [6.07, 6.45) is 3.08. The topological polar surface area (TPSA) is 38.7 Å². The van der Waals surface area contributed by atoms with Crippen LogP contribution in [0.15, 0.2) is 52.4 Å². The van der Waals surface area contributed by atoms with E-state index in [4.69, 9.17) is 4.74 Å². The van der Waals surface area contributed by atoms with Gasteiger partial charge in [0.05, 0.1) is 18.4 Å². The van der Waals surface area contributed by atoms with Gasteiger partial charge in [0.1, 0.15) is 0 Å². The molecule has 1 aliphatic heterocycles. The van der Waals surface area contributed by atoms with Crippen molar-refractivity contribution in [3.05, 3.63) is 59.2 Å². The van der Waals surface area contributed by atoms with Crippen LogP contribution in [0.2, 0.25) is 0 Å². The summed E-state index contributed by atoms with van der Waals surface area (Å²) in [6, 6.07) is 13.7. The molecule has 24 heavy (non-hydrogen) atoms. The van der Waals surface area contributed by atoms with Crippen molar-refractivity contribution < 1.29 is 9.53 Å². The molecule has 3 nitrogen and oxygen atoms in total. The fraction of sp³-hybridized carbons (Fsp3) is 0.300. The second kappa shape index (κ2) is 6.81. The van der Waals surface area contributed by atoms with Gasteiger partial charge in [-0.1, -0.05) is 26.0 Å². The third kappa shape index (κ3) is 3.54. The Bertz CT molecular complexity index is 779. The third-order valence-corrected chi connectivity index (χ3v) is 5.43. The number of carbonyl (C=O) groups is 1. The molecule has 2 aromatic carbocycles. The van der Waals surface area contributed by atoms with Crippen LogP contribution in [0.4, 0.5) is 5.69 Å². The Morgan fingerprint density at radius 2 is 1.96 bits per heavy atom. The average molecular weight is 339 g/mol. The summed E-state index contributed by atoms with van der Waals surface area (Å²) in [5, 5.41) is 0. The summed E-state index contributed by atoms with van der Waals surface area (Å²) in [5.74, 6) is 0.829. The lowest BCUT2D eigenvalue weighted by molar-refractivity contribution is 0.0601. The maximum atomic E-state index is 11.4.